The van der Waals surface area contributed by atoms with Gasteiger partial charge in [0, 0.05) is 40.0 Å². The first-order valence-corrected chi connectivity index (χ1v) is 9.49. The van der Waals surface area contributed by atoms with E-state index in [1.54, 1.807) is 36.8 Å². The summed E-state index contributed by atoms with van der Waals surface area (Å²) in [6, 6.07) is 8.79. The number of hydrogen-bond donors (Lipinski definition) is 1. The summed E-state index contributed by atoms with van der Waals surface area (Å²) >= 11 is 9.31. The number of carbonyl (C=O) groups excluding carboxylic acids is 1. The van der Waals surface area contributed by atoms with Crippen molar-refractivity contribution in [2.45, 2.75) is 13.0 Å². The number of amides is 1. The highest BCUT2D eigenvalue weighted by Gasteiger charge is 2.10. The summed E-state index contributed by atoms with van der Waals surface area (Å²) in [6.07, 6.45) is 5.42. The molecule has 1 aromatic carbocycles. The van der Waals surface area contributed by atoms with E-state index in [4.69, 9.17) is 16.3 Å². The van der Waals surface area contributed by atoms with Crippen LogP contribution in [-0.2, 0) is 11.3 Å². The minimum absolute atomic E-state index is 0.0507. The quantitative estimate of drug-likeness (QED) is 0.560. The monoisotopic (exact) mass is 449 g/mol. The van der Waals surface area contributed by atoms with Gasteiger partial charge in [0.05, 0.1) is 12.0 Å². The normalized spacial score (nSPS) is 10.7. The lowest BCUT2D eigenvalue weighted by atomic mass is 10.2. The molecule has 3 rings (SSSR count). The molecular weight excluding hydrogens is 434 g/mol. The first-order valence-electron chi connectivity index (χ1n) is 8.32. The molecule has 3 aromatic rings. The van der Waals surface area contributed by atoms with Crippen LogP contribution in [0.2, 0.25) is 5.02 Å². The van der Waals surface area contributed by atoms with E-state index >= 15 is 0 Å². The molecule has 0 aliphatic rings. The molecule has 1 amide bonds. The van der Waals surface area contributed by atoms with Crippen molar-refractivity contribution in [2.24, 2.45) is 0 Å². The van der Waals surface area contributed by atoms with Crippen LogP contribution in [0.4, 0.5) is 0 Å². The summed E-state index contributed by atoms with van der Waals surface area (Å²) in [4.78, 5) is 28.6. The molecular formula is C19H17BrClN3O3. The molecule has 27 heavy (non-hydrogen) atoms. The Morgan fingerprint density at radius 3 is 2.96 bits per heavy atom. The van der Waals surface area contributed by atoms with Crippen LogP contribution in [0, 0.1) is 0 Å². The van der Waals surface area contributed by atoms with Crippen molar-refractivity contribution in [3.05, 3.63) is 68.8 Å². The lowest BCUT2D eigenvalue weighted by molar-refractivity contribution is -0.121. The third-order valence-corrected chi connectivity index (χ3v) is 4.73. The first kappa shape index (κ1) is 19.4. The zero-order valence-corrected chi connectivity index (χ0v) is 16.7. The molecule has 0 fully saturated rings. The number of fused-ring (bicyclic) bond motifs is 1. The lowest BCUT2D eigenvalue weighted by Crippen LogP contribution is -2.33. The molecule has 0 saturated carbocycles. The van der Waals surface area contributed by atoms with E-state index in [9.17, 15) is 9.59 Å². The smallest absolute Gasteiger partial charge is 0.259 e. The average Bonchev–Trinajstić information content (AvgIpc) is 2.66. The second kappa shape index (κ2) is 9.01. The molecule has 0 radical (unpaired) electrons. The van der Waals surface area contributed by atoms with Gasteiger partial charge in [0.2, 0.25) is 5.91 Å². The molecule has 2 heterocycles. The highest BCUT2D eigenvalue weighted by atomic mass is 79.9. The Hall–Kier alpha value is -2.38. The molecule has 1 N–H and O–H groups in total. The van der Waals surface area contributed by atoms with Crippen LogP contribution in [0.1, 0.15) is 6.42 Å². The van der Waals surface area contributed by atoms with Crippen molar-refractivity contribution in [2.75, 3.05) is 13.2 Å². The number of hydrogen-bond acceptors (Lipinski definition) is 4. The molecule has 140 valence electrons. The highest BCUT2D eigenvalue weighted by molar-refractivity contribution is 9.10. The van der Waals surface area contributed by atoms with E-state index in [1.165, 1.54) is 4.57 Å². The summed E-state index contributed by atoms with van der Waals surface area (Å²) in [7, 11) is 0. The minimum atomic E-state index is -0.236. The number of carbonyl (C=O) groups is 1. The van der Waals surface area contributed by atoms with Crippen molar-refractivity contribution in [1.82, 2.24) is 14.9 Å². The molecule has 6 nitrogen and oxygen atoms in total. The number of halogens is 2. The van der Waals surface area contributed by atoms with E-state index in [0.717, 1.165) is 5.39 Å². The first-order chi connectivity index (χ1) is 13.0. The standard InChI is InChI=1S/C19H17BrClN3O3/c20-17-11-24(19(26)15-5-7-22-10-16(15)17)12-18(25)23-6-2-8-27-14-4-1-3-13(21)9-14/h1,3-5,7,9-11H,2,6,8,12H2,(H,23,25). The van der Waals surface area contributed by atoms with Crippen molar-refractivity contribution < 1.29 is 9.53 Å². The molecule has 0 bridgehead atoms. The van der Waals surface area contributed by atoms with Gasteiger partial charge in [0.15, 0.2) is 0 Å². The third kappa shape index (κ3) is 5.08. The predicted octanol–water partition coefficient (Wildman–Crippen LogP) is 3.40. The average molecular weight is 451 g/mol. The Kier molecular flexibility index (Phi) is 6.47. The van der Waals surface area contributed by atoms with E-state index in [-0.39, 0.29) is 18.0 Å². The van der Waals surface area contributed by atoms with E-state index < -0.39 is 0 Å². The summed E-state index contributed by atoms with van der Waals surface area (Å²) in [5.41, 5.74) is -0.227. The molecule has 0 aliphatic carbocycles. The molecule has 0 unspecified atom stereocenters. The van der Waals surface area contributed by atoms with Gasteiger partial charge in [-0.25, -0.2) is 0 Å². The molecule has 0 atom stereocenters. The summed E-state index contributed by atoms with van der Waals surface area (Å²) < 4.78 is 7.66. The van der Waals surface area contributed by atoms with Gasteiger partial charge >= 0.3 is 0 Å². The number of rotatable bonds is 7. The largest absolute Gasteiger partial charge is 0.493 e. The number of aromatic nitrogens is 2. The topological polar surface area (TPSA) is 73.2 Å². The Bertz CT molecular complexity index is 1020. The number of ether oxygens (including phenoxy) is 1. The number of benzene rings is 1. The molecule has 2 aromatic heterocycles. The van der Waals surface area contributed by atoms with Crippen molar-refractivity contribution in [3.8, 4) is 5.75 Å². The molecule has 8 heteroatoms. The number of pyridine rings is 2. The minimum Gasteiger partial charge on any atom is -0.493 e. The molecule has 0 aliphatic heterocycles. The van der Waals surface area contributed by atoms with Gasteiger partial charge in [-0.05, 0) is 46.6 Å². The Balaban J connectivity index is 1.50. The van der Waals surface area contributed by atoms with E-state index in [1.807, 2.05) is 12.1 Å². The van der Waals surface area contributed by atoms with Crippen molar-refractivity contribution in [3.63, 3.8) is 0 Å². The van der Waals surface area contributed by atoms with Crippen molar-refractivity contribution >= 4 is 44.2 Å². The second-order valence-electron chi connectivity index (χ2n) is 5.84. The van der Waals surface area contributed by atoms with Crippen LogP contribution >= 0.6 is 27.5 Å². The number of nitrogens with one attached hydrogen (secondary N) is 1. The van der Waals surface area contributed by atoms with Gasteiger partial charge < -0.3 is 14.6 Å². The lowest BCUT2D eigenvalue weighted by Gasteiger charge is -2.10. The zero-order chi connectivity index (χ0) is 19.2. The third-order valence-electron chi connectivity index (χ3n) is 3.86. The van der Waals surface area contributed by atoms with Crippen LogP contribution in [-0.4, -0.2) is 28.6 Å². The summed E-state index contributed by atoms with van der Waals surface area (Å²) in [6.45, 7) is 0.854. The van der Waals surface area contributed by atoms with Crippen LogP contribution in [0.15, 0.2) is 58.2 Å². The predicted molar refractivity (Wildman–Crippen MR) is 108 cm³/mol. The van der Waals surface area contributed by atoms with Gasteiger partial charge in [-0.2, -0.15) is 0 Å². The summed E-state index contributed by atoms with van der Waals surface area (Å²) in [5, 5.41) is 4.64. The van der Waals surface area contributed by atoms with Crippen LogP contribution in [0.25, 0.3) is 10.8 Å². The van der Waals surface area contributed by atoms with Gasteiger partial charge in [0.1, 0.15) is 12.3 Å². The van der Waals surface area contributed by atoms with Crippen molar-refractivity contribution in [1.29, 1.82) is 0 Å². The highest BCUT2D eigenvalue weighted by Crippen LogP contribution is 2.19. The van der Waals surface area contributed by atoms with E-state index in [0.29, 0.717) is 40.2 Å². The fourth-order valence-corrected chi connectivity index (χ4v) is 3.31. The Morgan fingerprint density at radius 1 is 1.30 bits per heavy atom. The summed E-state index contributed by atoms with van der Waals surface area (Å²) in [5.74, 6) is 0.455. The van der Waals surface area contributed by atoms with Gasteiger partial charge in [-0.3, -0.25) is 14.6 Å². The van der Waals surface area contributed by atoms with Gasteiger partial charge in [-0.1, -0.05) is 17.7 Å². The second-order valence-corrected chi connectivity index (χ2v) is 7.13. The maximum Gasteiger partial charge on any atom is 0.259 e. The SMILES string of the molecule is O=C(Cn1cc(Br)c2cnccc2c1=O)NCCCOc1cccc(Cl)c1. The maximum absolute atomic E-state index is 12.5. The molecule has 0 spiro atoms. The Morgan fingerprint density at radius 2 is 2.15 bits per heavy atom. The molecule has 0 saturated heterocycles. The Labute approximate surface area is 169 Å². The number of nitrogens with zero attached hydrogens (tertiary/aromatic N) is 2. The van der Waals surface area contributed by atoms with Crippen LogP contribution in [0.3, 0.4) is 0 Å². The van der Waals surface area contributed by atoms with Crippen LogP contribution in [0.5, 0.6) is 5.75 Å². The van der Waals surface area contributed by atoms with E-state index in [2.05, 4.69) is 26.2 Å². The fraction of sp³-hybridized carbons (Fsp3) is 0.211. The maximum atomic E-state index is 12.5. The fourth-order valence-electron chi connectivity index (χ4n) is 2.57. The van der Waals surface area contributed by atoms with Gasteiger partial charge in [0.25, 0.3) is 5.56 Å². The van der Waals surface area contributed by atoms with Gasteiger partial charge in [-0.15, -0.1) is 0 Å². The zero-order valence-electron chi connectivity index (χ0n) is 14.3. The van der Waals surface area contributed by atoms with Crippen LogP contribution < -0.4 is 15.6 Å².